The fourth-order valence-electron chi connectivity index (χ4n) is 2.33. The fraction of sp³-hybridized carbons (Fsp3) is 0.0526. The van der Waals surface area contributed by atoms with Crippen molar-refractivity contribution in [1.29, 1.82) is 0 Å². The lowest BCUT2D eigenvalue weighted by atomic mass is 10.2. The number of benzene rings is 2. The molecule has 2 aromatic carbocycles. The summed E-state index contributed by atoms with van der Waals surface area (Å²) >= 11 is 3.34. The predicted molar refractivity (Wildman–Crippen MR) is 99.5 cm³/mol. The Hall–Kier alpha value is -2.86. The summed E-state index contributed by atoms with van der Waals surface area (Å²) in [5.41, 5.74) is 5.18. The molecule has 0 aliphatic rings. The molecule has 0 saturated heterocycles. The Labute approximate surface area is 153 Å². The lowest BCUT2D eigenvalue weighted by molar-refractivity contribution is 0.0950. The maximum Gasteiger partial charge on any atom is 0.319 e. The Balaban J connectivity index is 1.90. The van der Waals surface area contributed by atoms with E-state index in [1.54, 1.807) is 36.6 Å². The number of oxazole rings is 1. The first kappa shape index (κ1) is 17.0. The topological polar surface area (TPSA) is 59.5 Å². The number of carbonyl (C=O) groups is 1. The Bertz CT molecular complexity index is 941. The second-order valence-electron chi connectivity index (χ2n) is 5.23. The van der Waals surface area contributed by atoms with Gasteiger partial charge in [-0.1, -0.05) is 52.3 Å². The van der Waals surface area contributed by atoms with Gasteiger partial charge in [0.2, 0.25) is 0 Å². The van der Waals surface area contributed by atoms with E-state index in [1.165, 1.54) is 0 Å². The van der Waals surface area contributed by atoms with Crippen molar-refractivity contribution in [3.05, 3.63) is 89.2 Å². The van der Waals surface area contributed by atoms with E-state index in [0.717, 1.165) is 15.7 Å². The predicted octanol–water partition coefficient (Wildman–Crippen LogP) is 3.94. The highest BCUT2D eigenvalue weighted by Gasteiger charge is 2.09. The first-order valence-corrected chi connectivity index (χ1v) is 8.42. The van der Waals surface area contributed by atoms with E-state index in [0.29, 0.717) is 17.8 Å². The largest absolute Gasteiger partial charge is 0.430 e. The van der Waals surface area contributed by atoms with Crippen molar-refractivity contribution in [2.24, 2.45) is 5.10 Å². The molecule has 0 fully saturated rings. The number of nitrogens with zero attached hydrogens (tertiary/aromatic N) is 2. The first-order valence-electron chi connectivity index (χ1n) is 7.63. The molecule has 0 radical (unpaired) electrons. The lowest BCUT2D eigenvalue weighted by Crippen LogP contribution is -2.25. The Morgan fingerprint density at radius 2 is 1.92 bits per heavy atom. The third kappa shape index (κ3) is 3.97. The standard InChI is InChI=1S/C19H16BrN3O2/c1-2-12-23-17(14-6-4-3-5-7-14)13-25-19(23)22-21-18(24)15-8-10-16(20)11-9-15/h2-11,13H,1,12H2,(H,21,24)/b22-19-. The minimum atomic E-state index is -0.310. The summed E-state index contributed by atoms with van der Waals surface area (Å²) in [6.45, 7) is 4.27. The molecule has 1 amide bonds. The van der Waals surface area contributed by atoms with E-state index in [2.05, 4.69) is 33.0 Å². The number of halogens is 1. The van der Waals surface area contributed by atoms with Gasteiger partial charge in [0.15, 0.2) is 0 Å². The molecule has 126 valence electrons. The van der Waals surface area contributed by atoms with Crippen LogP contribution in [0.2, 0.25) is 0 Å². The molecule has 0 aliphatic heterocycles. The molecule has 1 N–H and O–H groups in total. The number of nitrogens with one attached hydrogen (secondary N) is 1. The Kier molecular flexibility index (Phi) is 5.30. The quantitative estimate of drug-likeness (QED) is 0.523. The zero-order valence-corrected chi connectivity index (χ0v) is 14.9. The molecule has 0 unspecified atom stereocenters. The fourth-order valence-corrected chi connectivity index (χ4v) is 2.59. The number of aromatic nitrogens is 1. The molecular formula is C19H16BrN3O2. The van der Waals surface area contributed by atoms with Gasteiger partial charge in [0.25, 0.3) is 5.91 Å². The van der Waals surface area contributed by atoms with Crippen molar-refractivity contribution < 1.29 is 9.21 Å². The van der Waals surface area contributed by atoms with Gasteiger partial charge in [0.1, 0.15) is 6.26 Å². The van der Waals surface area contributed by atoms with Crippen molar-refractivity contribution in [2.75, 3.05) is 0 Å². The zero-order chi connectivity index (χ0) is 17.6. The maximum atomic E-state index is 12.2. The van der Waals surface area contributed by atoms with Crippen LogP contribution < -0.4 is 11.1 Å². The molecule has 25 heavy (non-hydrogen) atoms. The molecule has 0 saturated carbocycles. The number of allylic oxidation sites excluding steroid dienone is 1. The van der Waals surface area contributed by atoms with Crippen LogP contribution in [-0.4, -0.2) is 10.5 Å². The summed E-state index contributed by atoms with van der Waals surface area (Å²) in [6.07, 6.45) is 3.36. The summed E-state index contributed by atoms with van der Waals surface area (Å²) in [5.74, 6) is -0.310. The number of rotatable bonds is 5. The number of hydrogen-bond donors (Lipinski definition) is 1. The first-order chi connectivity index (χ1) is 12.2. The molecule has 5 nitrogen and oxygen atoms in total. The minimum Gasteiger partial charge on any atom is -0.430 e. The van der Waals surface area contributed by atoms with Crippen LogP contribution in [0, 0.1) is 0 Å². The highest BCUT2D eigenvalue weighted by molar-refractivity contribution is 9.10. The summed E-state index contributed by atoms with van der Waals surface area (Å²) in [4.78, 5) is 12.2. The number of amides is 1. The van der Waals surface area contributed by atoms with E-state index < -0.39 is 0 Å². The van der Waals surface area contributed by atoms with Crippen molar-refractivity contribution in [2.45, 2.75) is 6.54 Å². The van der Waals surface area contributed by atoms with E-state index in [-0.39, 0.29) is 5.91 Å². The molecule has 1 heterocycles. The summed E-state index contributed by atoms with van der Waals surface area (Å²) in [7, 11) is 0. The highest BCUT2D eigenvalue weighted by Crippen LogP contribution is 2.17. The van der Waals surface area contributed by atoms with Gasteiger partial charge in [-0.15, -0.1) is 11.7 Å². The van der Waals surface area contributed by atoms with E-state index in [1.807, 2.05) is 34.9 Å². The van der Waals surface area contributed by atoms with Crippen LogP contribution in [0.4, 0.5) is 0 Å². The number of carbonyl (C=O) groups excluding carboxylic acids is 1. The van der Waals surface area contributed by atoms with E-state index in [9.17, 15) is 4.79 Å². The monoisotopic (exact) mass is 397 g/mol. The van der Waals surface area contributed by atoms with E-state index in [4.69, 9.17) is 4.42 Å². The lowest BCUT2D eigenvalue weighted by Gasteiger charge is -2.04. The van der Waals surface area contributed by atoms with E-state index >= 15 is 0 Å². The molecule has 6 heteroatoms. The van der Waals surface area contributed by atoms with Crippen LogP contribution in [-0.2, 0) is 6.54 Å². The third-order valence-corrected chi connectivity index (χ3v) is 4.07. The SMILES string of the molecule is C=CCn1c(-c2ccccc2)co/c1=N\NC(=O)c1ccc(Br)cc1. The van der Waals surface area contributed by atoms with Crippen LogP contribution in [0.15, 0.2) is 87.5 Å². The third-order valence-electron chi connectivity index (χ3n) is 3.54. The highest BCUT2D eigenvalue weighted by atomic mass is 79.9. The average Bonchev–Trinajstić information content (AvgIpc) is 3.04. The van der Waals surface area contributed by atoms with Gasteiger partial charge >= 0.3 is 5.68 Å². The molecule has 0 spiro atoms. The van der Waals surface area contributed by atoms with Gasteiger partial charge < -0.3 is 4.42 Å². The van der Waals surface area contributed by atoms with Gasteiger partial charge in [-0.3, -0.25) is 9.36 Å². The smallest absolute Gasteiger partial charge is 0.319 e. The van der Waals surface area contributed by atoms with Crippen LogP contribution in [0.1, 0.15) is 10.4 Å². The van der Waals surface area contributed by atoms with Crippen molar-refractivity contribution in [3.63, 3.8) is 0 Å². The Morgan fingerprint density at radius 1 is 1.20 bits per heavy atom. The second kappa shape index (κ2) is 7.81. The molecule has 0 atom stereocenters. The molecule has 3 aromatic rings. The maximum absolute atomic E-state index is 12.2. The zero-order valence-electron chi connectivity index (χ0n) is 13.4. The van der Waals surface area contributed by atoms with Crippen molar-refractivity contribution in [1.82, 2.24) is 9.99 Å². The van der Waals surface area contributed by atoms with Crippen LogP contribution >= 0.6 is 15.9 Å². The van der Waals surface area contributed by atoms with Gasteiger partial charge in [-0.05, 0) is 24.3 Å². The molecule has 0 bridgehead atoms. The Morgan fingerprint density at radius 3 is 2.60 bits per heavy atom. The molecular weight excluding hydrogens is 382 g/mol. The van der Waals surface area contributed by atoms with Crippen LogP contribution in [0.5, 0.6) is 0 Å². The second-order valence-corrected chi connectivity index (χ2v) is 6.14. The van der Waals surface area contributed by atoms with Crippen LogP contribution in [0.3, 0.4) is 0 Å². The van der Waals surface area contributed by atoms with Crippen molar-refractivity contribution in [3.8, 4) is 11.3 Å². The molecule has 3 rings (SSSR count). The summed E-state index contributed by atoms with van der Waals surface area (Å²) in [6, 6.07) is 16.8. The van der Waals surface area contributed by atoms with Crippen molar-refractivity contribution >= 4 is 21.8 Å². The average molecular weight is 398 g/mol. The normalized spacial score (nSPS) is 11.3. The summed E-state index contributed by atoms with van der Waals surface area (Å²) < 4.78 is 8.28. The van der Waals surface area contributed by atoms with Gasteiger partial charge in [-0.25, -0.2) is 5.43 Å². The number of hydrogen-bond acceptors (Lipinski definition) is 3. The van der Waals surface area contributed by atoms with Gasteiger partial charge in [-0.2, -0.15) is 0 Å². The minimum absolute atomic E-state index is 0.296. The molecule has 1 aromatic heterocycles. The summed E-state index contributed by atoms with van der Waals surface area (Å²) in [5, 5.41) is 4.11. The van der Waals surface area contributed by atoms with Gasteiger partial charge in [0.05, 0.1) is 5.69 Å². The van der Waals surface area contributed by atoms with Crippen LogP contribution in [0.25, 0.3) is 11.3 Å². The van der Waals surface area contributed by atoms with Gasteiger partial charge in [0, 0.05) is 22.1 Å². The molecule has 0 aliphatic carbocycles.